The maximum Gasteiger partial charge on any atom is 0.267 e. The molecule has 0 fully saturated rings. The first-order chi connectivity index (χ1) is 11.9. The highest BCUT2D eigenvalue weighted by Crippen LogP contribution is 2.19. The summed E-state index contributed by atoms with van der Waals surface area (Å²) in [4.78, 5) is 0. The Balaban J connectivity index is 3.67. The summed E-state index contributed by atoms with van der Waals surface area (Å²) in [5.74, 6) is 0. The van der Waals surface area contributed by atoms with Crippen molar-refractivity contribution in [1.82, 2.24) is 0 Å². The summed E-state index contributed by atoms with van der Waals surface area (Å²) < 4.78 is 32.2. The molecule has 0 aliphatic heterocycles. The largest absolute Gasteiger partial charge is 0.393 e. The van der Waals surface area contributed by atoms with E-state index >= 15 is 0 Å². The Morgan fingerprint density at radius 2 is 1.00 bits per heavy atom. The highest BCUT2D eigenvalue weighted by atomic mass is 32.2. The lowest BCUT2D eigenvalue weighted by Gasteiger charge is -2.14. The molecule has 2 atom stereocenters. The van der Waals surface area contributed by atoms with E-state index in [0.717, 1.165) is 64.2 Å². The van der Waals surface area contributed by atoms with Gasteiger partial charge >= 0.3 is 0 Å². The summed E-state index contributed by atoms with van der Waals surface area (Å²) in [6.45, 7) is 4.29. The Labute approximate surface area is 156 Å². The topological polar surface area (TPSA) is 74.6 Å². The zero-order valence-corrected chi connectivity index (χ0v) is 17.4. The standard InChI is InChI=1S/C20H42O4S/c1-3-5-7-8-12-15-19(21)16-13-9-10-14-18-20(25(22,23)24)17-11-6-4-2/h19-21H,3-18H2,1-2H3,(H,22,23,24). The first kappa shape index (κ1) is 24.9. The van der Waals surface area contributed by atoms with Gasteiger partial charge < -0.3 is 5.11 Å². The molecule has 2 N–H and O–H groups in total. The second-order valence-electron chi connectivity index (χ2n) is 7.48. The molecule has 0 saturated carbocycles. The minimum atomic E-state index is -3.91. The average Bonchev–Trinajstić information content (AvgIpc) is 2.55. The molecule has 0 heterocycles. The number of rotatable bonds is 18. The predicted molar refractivity (Wildman–Crippen MR) is 107 cm³/mol. The van der Waals surface area contributed by atoms with Crippen LogP contribution in [0.4, 0.5) is 0 Å². The van der Waals surface area contributed by atoms with Gasteiger partial charge in [-0.05, 0) is 25.7 Å². The van der Waals surface area contributed by atoms with Crippen LogP contribution in [0.25, 0.3) is 0 Å². The molecule has 0 aromatic rings. The van der Waals surface area contributed by atoms with Gasteiger partial charge in [0, 0.05) is 0 Å². The van der Waals surface area contributed by atoms with Gasteiger partial charge in [0.15, 0.2) is 0 Å². The molecule has 0 spiro atoms. The normalized spacial score (nSPS) is 14.6. The molecule has 0 aromatic carbocycles. The zero-order chi connectivity index (χ0) is 19.0. The molecule has 0 amide bonds. The summed E-state index contributed by atoms with van der Waals surface area (Å²) in [5, 5.41) is 9.38. The van der Waals surface area contributed by atoms with Crippen molar-refractivity contribution in [2.24, 2.45) is 0 Å². The highest BCUT2D eigenvalue weighted by molar-refractivity contribution is 7.86. The van der Waals surface area contributed by atoms with Crippen LogP contribution >= 0.6 is 0 Å². The Kier molecular flexibility index (Phi) is 16.0. The number of aliphatic hydroxyl groups excluding tert-OH is 1. The molecule has 5 heteroatoms. The van der Waals surface area contributed by atoms with Crippen LogP contribution in [0.5, 0.6) is 0 Å². The van der Waals surface area contributed by atoms with Gasteiger partial charge in [0.2, 0.25) is 0 Å². The van der Waals surface area contributed by atoms with Crippen LogP contribution in [-0.4, -0.2) is 29.4 Å². The SMILES string of the molecule is CCCCCCCC(O)CCCCCCC(CCCCC)S(=O)(=O)O. The van der Waals surface area contributed by atoms with Crippen molar-refractivity contribution in [3.05, 3.63) is 0 Å². The quantitative estimate of drug-likeness (QED) is 0.230. The Hall–Kier alpha value is -0.130. The lowest BCUT2D eigenvalue weighted by molar-refractivity contribution is 0.147. The second kappa shape index (κ2) is 16.1. The molecule has 0 rings (SSSR count). The van der Waals surface area contributed by atoms with Crippen molar-refractivity contribution in [3.8, 4) is 0 Å². The smallest absolute Gasteiger partial charge is 0.267 e. The van der Waals surface area contributed by atoms with Crippen LogP contribution in [0.15, 0.2) is 0 Å². The Morgan fingerprint density at radius 1 is 0.640 bits per heavy atom. The Morgan fingerprint density at radius 3 is 1.44 bits per heavy atom. The number of aliphatic hydroxyl groups is 1. The first-order valence-electron chi connectivity index (χ1n) is 10.6. The summed E-state index contributed by atoms with van der Waals surface area (Å²) in [7, 11) is -3.91. The van der Waals surface area contributed by atoms with Gasteiger partial charge in [0.25, 0.3) is 10.1 Å². The number of hydrogen-bond acceptors (Lipinski definition) is 3. The van der Waals surface area contributed by atoms with Crippen molar-refractivity contribution in [1.29, 1.82) is 0 Å². The van der Waals surface area contributed by atoms with E-state index in [0.29, 0.717) is 12.8 Å². The third-order valence-corrected chi connectivity index (χ3v) is 6.32. The van der Waals surface area contributed by atoms with Crippen molar-refractivity contribution >= 4 is 10.1 Å². The summed E-state index contributed by atoms with van der Waals surface area (Å²) in [6, 6.07) is 0. The van der Waals surface area contributed by atoms with E-state index in [1.165, 1.54) is 25.7 Å². The zero-order valence-electron chi connectivity index (χ0n) is 16.6. The van der Waals surface area contributed by atoms with Crippen LogP contribution in [-0.2, 0) is 10.1 Å². The predicted octanol–water partition coefficient (Wildman–Crippen LogP) is 5.89. The van der Waals surface area contributed by atoms with E-state index in [4.69, 9.17) is 0 Å². The maximum atomic E-state index is 11.4. The summed E-state index contributed by atoms with van der Waals surface area (Å²) in [5.41, 5.74) is 0. The molecular weight excluding hydrogens is 336 g/mol. The van der Waals surface area contributed by atoms with Gasteiger partial charge in [-0.15, -0.1) is 0 Å². The second-order valence-corrected chi connectivity index (χ2v) is 9.18. The van der Waals surface area contributed by atoms with E-state index in [2.05, 4.69) is 13.8 Å². The van der Waals surface area contributed by atoms with E-state index in [-0.39, 0.29) is 6.10 Å². The molecule has 152 valence electrons. The van der Waals surface area contributed by atoms with Gasteiger partial charge in [-0.2, -0.15) is 8.42 Å². The maximum absolute atomic E-state index is 11.4. The van der Waals surface area contributed by atoms with Crippen molar-refractivity contribution in [3.63, 3.8) is 0 Å². The highest BCUT2D eigenvalue weighted by Gasteiger charge is 2.21. The molecule has 0 saturated heterocycles. The molecule has 25 heavy (non-hydrogen) atoms. The van der Waals surface area contributed by atoms with Crippen LogP contribution < -0.4 is 0 Å². The fourth-order valence-corrected chi connectivity index (χ4v) is 4.23. The van der Waals surface area contributed by atoms with E-state index in [1.807, 2.05) is 0 Å². The number of hydrogen-bond donors (Lipinski definition) is 2. The van der Waals surface area contributed by atoms with Crippen LogP contribution in [0.3, 0.4) is 0 Å². The van der Waals surface area contributed by atoms with E-state index in [1.54, 1.807) is 0 Å². The van der Waals surface area contributed by atoms with E-state index in [9.17, 15) is 18.1 Å². The van der Waals surface area contributed by atoms with Crippen LogP contribution in [0.1, 0.15) is 117 Å². The molecule has 2 unspecified atom stereocenters. The van der Waals surface area contributed by atoms with Gasteiger partial charge in [-0.25, -0.2) is 0 Å². The fourth-order valence-electron chi connectivity index (χ4n) is 3.30. The monoisotopic (exact) mass is 378 g/mol. The third kappa shape index (κ3) is 15.8. The van der Waals surface area contributed by atoms with Gasteiger partial charge in [0.05, 0.1) is 11.4 Å². The minimum absolute atomic E-state index is 0.179. The molecule has 0 radical (unpaired) electrons. The van der Waals surface area contributed by atoms with Crippen molar-refractivity contribution < 1.29 is 18.1 Å². The lowest BCUT2D eigenvalue weighted by Crippen LogP contribution is -2.20. The molecule has 0 aromatic heterocycles. The molecule has 4 nitrogen and oxygen atoms in total. The molecule has 0 bridgehead atoms. The minimum Gasteiger partial charge on any atom is -0.393 e. The van der Waals surface area contributed by atoms with E-state index < -0.39 is 15.4 Å². The average molecular weight is 379 g/mol. The summed E-state index contributed by atoms with van der Waals surface area (Å²) in [6.07, 6.45) is 15.7. The fraction of sp³-hybridized carbons (Fsp3) is 1.00. The molecule has 0 aliphatic rings. The Bertz CT molecular complexity index is 381. The molecule has 0 aliphatic carbocycles. The summed E-state index contributed by atoms with van der Waals surface area (Å²) >= 11 is 0. The van der Waals surface area contributed by atoms with Crippen LogP contribution in [0.2, 0.25) is 0 Å². The molecular formula is C20H42O4S. The first-order valence-corrected chi connectivity index (χ1v) is 12.1. The third-order valence-electron chi connectivity index (χ3n) is 5.01. The van der Waals surface area contributed by atoms with Crippen molar-refractivity contribution in [2.45, 2.75) is 128 Å². The lowest BCUT2D eigenvalue weighted by atomic mass is 10.0. The van der Waals surface area contributed by atoms with Crippen LogP contribution in [0, 0.1) is 0 Å². The van der Waals surface area contributed by atoms with Gasteiger partial charge in [-0.3, -0.25) is 4.55 Å². The number of unbranched alkanes of at least 4 members (excludes halogenated alkanes) is 9. The van der Waals surface area contributed by atoms with Gasteiger partial charge in [-0.1, -0.05) is 90.9 Å². The van der Waals surface area contributed by atoms with Crippen molar-refractivity contribution in [2.75, 3.05) is 0 Å². The van der Waals surface area contributed by atoms with Gasteiger partial charge in [0.1, 0.15) is 0 Å².